The van der Waals surface area contributed by atoms with Gasteiger partial charge >= 0.3 is 0 Å². The van der Waals surface area contributed by atoms with Crippen molar-refractivity contribution >= 4 is 11.6 Å². The van der Waals surface area contributed by atoms with E-state index in [1.54, 1.807) is 11.9 Å². The summed E-state index contributed by atoms with van der Waals surface area (Å²) in [6.07, 6.45) is 12.5. The molecule has 0 amide bonds. The minimum Gasteiger partial charge on any atom is -0.505 e. The molecule has 0 saturated heterocycles. The summed E-state index contributed by atoms with van der Waals surface area (Å²) < 4.78 is 0. The molecule has 1 rings (SSSR count). The van der Waals surface area contributed by atoms with Crippen molar-refractivity contribution in [1.82, 2.24) is 4.90 Å². The van der Waals surface area contributed by atoms with Gasteiger partial charge in [-0.25, -0.2) is 0 Å². The first-order valence-corrected chi connectivity index (χ1v) is 8.93. The Morgan fingerprint density at radius 1 is 0.870 bits per heavy atom. The fourth-order valence-corrected chi connectivity index (χ4v) is 2.90. The highest BCUT2D eigenvalue weighted by Gasteiger charge is 2.37. The highest BCUT2D eigenvalue weighted by Crippen LogP contribution is 2.24. The number of aliphatic hydroxyl groups excluding tert-OH is 1. The average Bonchev–Trinajstić information content (AvgIpc) is 2.72. The molecular weight excluding hydrogens is 290 g/mol. The summed E-state index contributed by atoms with van der Waals surface area (Å²) in [6, 6.07) is 0. The summed E-state index contributed by atoms with van der Waals surface area (Å²) in [5.74, 6) is -1.58. The van der Waals surface area contributed by atoms with Crippen molar-refractivity contribution in [2.45, 2.75) is 71.1 Å². The molecule has 0 heterocycles. The molecule has 1 aliphatic rings. The van der Waals surface area contributed by atoms with E-state index in [9.17, 15) is 14.7 Å². The van der Waals surface area contributed by atoms with Crippen molar-refractivity contribution in [3.63, 3.8) is 0 Å². The predicted octanol–water partition coefficient (Wildman–Crippen LogP) is 4.32. The second-order valence-electron chi connectivity index (χ2n) is 6.44. The maximum Gasteiger partial charge on any atom is 0.253 e. The van der Waals surface area contributed by atoms with Gasteiger partial charge in [-0.1, -0.05) is 71.3 Å². The largest absolute Gasteiger partial charge is 0.505 e. The van der Waals surface area contributed by atoms with Crippen LogP contribution in [0.5, 0.6) is 0 Å². The van der Waals surface area contributed by atoms with Crippen molar-refractivity contribution in [2.24, 2.45) is 0 Å². The summed E-state index contributed by atoms with van der Waals surface area (Å²) in [6.45, 7) is 6.35. The van der Waals surface area contributed by atoms with Gasteiger partial charge in [0.25, 0.3) is 5.78 Å². The van der Waals surface area contributed by atoms with Crippen LogP contribution >= 0.6 is 0 Å². The maximum absolute atomic E-state index is 11.8. The number of unbranched alkanes of at least 4 members (excludes halogenated alkanes) is 9. The van der Waals surface area contributed by atoms with E-state index < -0.39 is 11.6 Å². The van der Waals surface area contributed by atoms with Crippen LogP contribution in [0.2, 0.25) is 0 Å². The molecule has 0 bridgehead atoms. The maximum atomic E-state index is 11.8. The zero-order chi connectivity index (χ0) is 17.2. The SMILES string of the molecule is C=C1C(=O)C(=O)C(N(C)CCCCCCCCCCCC)=C1O. The van der Waals surface area contributed by atoms with E-state index >= 15 is 0 Å². The third kappa shape index (κ3) is 5.85. The molecule has 0 aromatic carbocycles. The number of likely N-dealkylation sites (N-methyl/N-ethyl adjacent to an activating group) is 1. The van der Waals surface area contributed by atoms with Crippen LogP contribution in [0, 0.1) is 0 Å². The number of carbonyl (C=O) groups is 2. The third-order valence-corrected chi connectivity index (χ3v) is 4.43. The van der Waals surface area contributed by atoms with Crippen LogP contribution in [0.15, 0.2) is 23.6 Å². The topological polar surface area (TPSA) is 57.6 Å². The van der Waals surface area contributed by atoms with Crippen molar-refractivity contribution in [3.8, 4) is 0 Å². The fraction of sp³-hybridized carbons (Fsp3) is 0.684. The number of carbonyl (C=O) groups excluding carboxylic acids is 2. The minimum absolute atomic E-state index is 0.0834. The van der Waals surface area contributed by atoms with Crippen LogP contribution in [0.1, 0.15) is 71.1 Å². The van der Waals surface area contributed by atoms with Crippen LogP contribution < -0.4 is 0 Å². The summed E-state index contributed by atoms with van der Waals surface area (Å²) in [5, 5.41) is 9.83. The van der Waals surface area contributed by atoms with Gasteiger partial charge in [0.2, 0.25) is 5.78 Å². The molecule has 0 unspecified atom stereocenters. The van der Waals surface area contributed by atoms with Crippen LogP contribution in [0.4, 0.5) is 0 Å². The molecule has 4 nitrogen and oxygen atoms in total. The Labute approximate surface area is 140 Å². The molecule has 1 aliphatic carbocycles. The number of rotatable bonds is 12. The Balaban J connectivity index is 2.13. The van der Waals surface area contributed by atoms with E-state index in [0.717, 1.165) is 12.8 Å². The molecule has 0 saturated carbocycles. The summed E-state index contributed by atoms with van der Waals surface area (Å²) in [5.41, 5.74) is 0.0239. The lowest BCUT2D eigenvalue weighted by Crippen LogP contribution is -2.25. The zero-order valence-electron chi connectivity index (χ0n) is 14.7. The van der Waals surface area contributed by atoms with Gasteiger partial charge in [0.1, 0.15) is 5.70 Å². The molecule has 4 heteroatoms. The summed E-state index contributed by atoms with van der Waals surface area (Å²) >= 11 is 0. The number of nitrogens with zero attached hydrogens (tertiary/aromatic N) is 1. The highest BCUT2D eigenvalue weighted by atomic mass is 16.3. The molecule has 23 heavy (non-hydrogen) atoms. The molecule has 0 atom stereocenters. The molecule has 0 fully saturated rings. The van der Waals surface area contributed by atoms with E-state index in [2.05, 4.69) is 13.5 Å². The van der Waals surface area contributed by atoms with Gasteiger partial charge in [-0.05, 0) is 6.42 Å². The number of allylic oxidation sites excluding steroid dienone is 2. The molecule has 0 aromatic heterocycles. The second-order valence-corrected chi connectivity index (χ2v) is 6.44. The van der Waals surface area contributed by atoms with E-state index in [1.165, 1.54) is 51.4 Å². The Morgan fingerprint density at radius 3 is 1.78 bits per heavy atom. The van der Waals surface area contributed by atoms with E-state index in [-0.39, 0.29) is 17.0 Å². The van der Waals surface area contributed by atoms with Gasteiger partial charge in [0.05, 0.1) is 5.57 Å². The first kappa shape index (κ1) is 19.5. The van der Waals surface area contributed by atoms with Gasteiger partial charge in [0.15, 0.2) is 5.76 Å². The minimum atomic E-state index is -0.688. The predicted molar refractivity (Wildman–Crippen MR) is 93.3 cm³/mol. The van der Waals surface area contributed by atoms with Gasteiger partial charge in [-0.15, -0.1) is 0 Å². The number of ketones is 2. The summed E-state index contributed by atoms with van der Waals surface area (Å²) in [7, 11) is 1.74. The van der Waals surface area contributed by atoms with Crippen molar-refractivity contribution < 1.29 is 14.7 Å². The monoisotopic (exact) mass is 321 g/mol. The number of Topliss-reactive ketones (excluding diaryl/α,β-unsaturated/α-hetero) is 2. The van der Waals surface area contributed by atoms with Gasteiger partial charge in [0, 0.05) is 13.6 Å². The van der Waals surface area contributed by atoms with E-state index in [4.69, 9.17) is 0 Å². The highest BCUT2D eigenvalue weighted by molar-refractivity contribution is 6.52. The molecule has 130 valence electrons. The smallest absolute Gasteiger partial charge is 0.253 e. The van der Waals surface area contributed by atoms with Crippen LogP contribution in [0.25, 0.3) is 0 Å². The fourth-order valence-electron chi connectivity index (χ4n) is 2.90. The first-order chi connectivity index (χ1) is 11.0. The normalized spacial score (nSPS) is 15.0. The van der Waals surface area contributed by atoms with Crippen molar-refractivity contribution in [3.05, 3.63) is 23.6 Å². The Bertz CT molecular complexity index is 465. The Kier molecular flexibility index (Phi) is 8.67. The standard InChI is InChI=1S/C19H31NO3/c1-4-5-6-7-8-9-10-11-12-13-14-20(3)16-17(21)15(2)18(22)19(16)23/h21H,2,4-14H2,1,3H3. The van der Waals surface area contributed by atoms with Gasteiger partial charge < -0.3 is 10.0 Å². The Morgan fingerprint density at radius 2 is 1.35 bits per heavy atom. The number of hydrogen-bond acceptors (Lipinski definition) is 4. The lowest BCUT2D eigenvalue weighted by Gasteiger charge is -2.18. The lowest BCUT2D eigenvalue weighted by atomic mass is 10.1. The van der Waals surface area contributed by atoms with E-state index in [1.807, 2.05) is 0 Å². The van der Waals surface area contributed by atoms with E-state index in [0.29, 0.717) is 6.54 Å². The molecule has 0 aromatic rings. The number of hydrogen-bond donors (Lipinski definition) is 1. The third-order valence-electron chi connectivity index (χ3n) is 4.43. The molecule has 1 N–H and O–H groups in total. The molecule has 0 aliphatic heterocycles. The molecule has 0 radical (unpaired) electrons. The second kappa shape index (κ2) is 10.2. The van der Waals surface area contributed by atoms with Crippen molar-refractivity contribution in [1.29, 1.82) is 0 Å². The quantitative estimate of drug-likeness (QED) is 0.330. The van der Waals surface area contributed by atoms with Crippen molar-refractivity contribution in [2.75, 3.05) is 13.6 Å². The van der Waals surface area contributed by atoms with Gasteiger partial charge in [-0.3, -0.25) is 9.59 Å². The lowest BCUT2D eigenvalue weighted by molar-refractivity contribution is -0.132. The van der Waals surface area contributed by atoms with Crippen LogP contribution in [-0.2, 0) is 9.59 Å². The average molecular weight is 321 g/mol. The molecule has 0 spiro atoms. The van der Waals surface area contributed by atoms with Crippen LogP contribution in [-0.4, -0.2) is 35.2 Å². The Hall–Kier alpha value is -1.58. The van der Waals surface area contributed by atoms with Gasteiger partial charge in [-0.2, -0.15) is 0 Å². The first-order valence-electron chi connectivity index (χ1n) is 8.93. The van der Waals surface area contributed by atoms with Crippen LogP contribution in [0.3, 0.4) is 0 Å². The summed E-state index contributed by atoms with van der Waals surface area (Å²) in [4.78, 5) is 25.0. The number of aliphatic hydroxyl groups is 1. The molecular formula is C19H31NO3. The zero-order valence-corrected chi connectivity index (χ0v) is 14.7.